The standard InChI is InChI=1S/C29H48ClIN.ClH/c1-4-7-9-11-13-15-17-24-32(23-6-3,25-18-16-14-12-10-8-5-2)29(31)26-27-19-21-28(30)22-20-27;/h3,19-22,29H,4-5,7-18,23-26H2,1-2H3;1H/q+1;/p-1. The van der Waals surface area contributed by atoms with Gasteiger partial charge in [-0.25, -0.2) is 0 Å². The van der Waals surface area contributed by atoms with Crippen molar-refractivity contribution >= 4 is 34.2 Å². The third-order valence-electron chi connectivity index (χ3n) is 6.73. The largest absolute Gasteiger partial charge is 1.00 e. The summed E-state index contributed by atoms with van der Waals surface area (Å²) in [7, 11) is 0. The summed E-state index contributed by atoms with van der Waals surface area (Å²) in [6.45, 7) is 7.87. The van der Waals surface area contributed by atoms with Crippen molar-refractivity contribution in [2.75, 3.05) is 19.6 Å². The second-order valence-corrected chi connectivity index (χ2v) is 11.4. The fourth-order valence-corrected chi connectivity index (χ4v) is 6.00. The number of hydrogen-bond donors (Lipinski definition) is 0. The van der Waals surface area contributed by atoms with Crippen LogP contribution >= 0.6 is 34.2 Å². The van der Waals surface area contributed by atoms with Gasteiger partial charge in [0.05, 0.1) is 13.1 Å². The molecule has 0 bridgehead atoms. The molecule has 0 saturated heterocycles. The van der Waals surface area contributed by atoms with Crippen LogP contribution in [0.15, 0.2) is 24.3 Å². The highest BCUT2D eigenvalue weighted by Crippen LogP contribution is 2.27. The quantitative estimate of drug-likeness (QED) is 0.0391. The van der Waals surface area contributed by atoms with Crippen molar-refractivity contribution in [2.24, 2.45) is 0 Å². The molecule has 0 heterocycles. The minimum absolute atomic E-state index is 0. The van der Waals surface area contributed by atoms with Crippen LogP contribution < -0.4 is 12.4 Å². The Hall–Kier alpha value is 0.0500. The van der Waals surface area contributed by atoms with Gasteiger partial charge >= 0.3 is 0 Å². The summed E-state index contributed by atoms with van der Waals surface area (Å²) >= 11 is 8.81. The highest BCUT2D eigenvalue weighted by atomic mass is 127. The Morgan fingerprint density at radius 3 is 1.64 bits per heavy atom. The fraction of sp³-hybridized carbons (Fsp3) is 0.724. The first-order valence-electron chi connectivity index (χ1n) is 13.3. The van der Waals surface area contributed by atoms with Crippen molar-refractivity contribution in [3.8, 4) is 12.3 Å². The van der Waals surface area contributed by atoms with Crippen molar-refractivity contribution in [3.63, 3.8) is 0 Å². The highest BCUT2D eigenvalue weighted by molar-refractivity contribution is 14.1. The minimum Gasteiger partial charge on any atom is -1.00 e. The second-order valence-electron chi connectivity index (χ2n) is 9.54. The number of rotatable bonds is 20. The Morgan fingerprint density at radius 2 is 1.21 bits per heavy atom. The first-order chi connectivity index (χ1) is 15.6. The first-order valence-corrected chi connectivity index (χ1v) is 14.9. The van der Waals surface area contributed by atoms with Crippen LogP contribution in [0.2, 0.25) is 5.02 Å². The summed E-state index contributed by atoms with van der Waals surface area (Å²) in [6, 6.07) is 8.39. The molecule has 0 aliphatic carbocycles. The van der Waals surface area contributed by atoms with Gasteiger partial charge in [0.1, 0.15) is 10.6 Å². The zero-order valence-corrected chi connectivity index (χ0v) is 24.9. The first kappa shape index (κ1) is 33.0. The molecule has 1 unspecified atom stereocenters. The molecule has 190 valence electrons. The van der Waals surface area contributed by atoms with E-state index in [1.165, 1.54) is 109 Å². The lowest BCUT2D eigenvalue weighted by molar-refractivity contribution is -0.927. The Labute approximate surface area is 231 Å². The van der Waals surface area contributed by atoms with E-state index in [-0.39, 0.29) is 12.4 Å². The van der Waals surface area contributed by atoms with E-state index in [0.29, 0.717) is 4.05 Å². The molecule has 1 aromatic rings. The Kier molecular flexibility index (Phi) is 21.4. The molecule has 0 radical (unpaired) electrons. The van der Waals surface area contributed by atoms with Crippen molar-refractivity contribution in [1.82, 2.24) is 0 Å². The lowest BCUT2D eigenvalue weighted by Gasteiger charge is -2.42. The summed E-state index contributed by atoms with van der Waals surface area (Å²) in [5, 5.41) is 0.814. The van der Waals surface area contributed by atoms with E-state index in [1.54, 1.807) is 0 Å². The average Bonchev–Trinajstić information content (AvgIpc) is 2.79. The van der Waals surface area contributed by atoms with E-state index in [1.807, 2.05) is 12.1 Å². The lowest BCUT2D eigenvalue weighted by atomic mass is 10.1. The van der Waals surface area contributed by atoms with E-state index < -0.39 is 0 Å². The Morgan fingerprint density at radius 1 is 0.788 bits per heavy atom. The zero-order valence-electron chi connectivity index (χ0n) is 21.3. The summed E-state index contributed by atoms with van der Waals surface area (Å²) in [4.78, 5) is 0. The van der Waals surface area contributed by atoms with Gasteiger partial charge in [0.25, 0.3) is 0 Å². The topological polar surface area (TPSA) is 0 Å². The van der Waals surface area contributed by atoms with Crippen LogP contribution in [-0.4, -0.2) is 28.2 Å². The van der Waals surface area contributed by atoms with Gasteiger partial charge in [-0.3, -0.25) is 0 Å². The van der Waals surface area contributed by atoms with Gasteiger partial charge in [0.2, 0.25) is 0 Å². The summed E-state index contributed by atoms with van der Waals surface area (Å²) < 4.78 is 1.58. The number of halogens is 3. The molecule has 1 aromatic carbocycles. The van der Waals surface area contributed by atoms with Gasteiger partial charge in [0, 0.05) is 11.4 Å². The third kappa shape index (κ3) is 14.9. The monoisotopic (exact) mass is 607 g/mol. The predicted octanol–water partition coefficient (Wildman–Crippen LogP) is 6.60. The van der Waals surface area contributed by atoms with Crippen molar-refractivity contribution in [3.05, 3.63) is 34.9 Å². The SMILES string of the molecule is C#CC[N+](CCCCCCCCC)(CCCCCCCCC)C(I)Cc1ccc(Cl)cc1.[Cl-]. The molecule has 0 amide bonds. The number of benzene rings is 1. The second kappa shape index (κ2) is 21.3. The van der Waals surface area contributed by atoms with Crippen molar-refractivity contribution in [2.45, 2.75) is 114 Å². The molecule has 0 spiro atoms. The van der Waals surface area contributed by atoms with Gasteiger partial charge in [-0.15, -0.1) is 6.42 Å². The number of alkyl halides is 1. The van der Waals surface area contributed by atoms with Crippen LogP contribution in [0, 0.1) is 12.3 Å². The molecular weight excluding hydrogens is 560 g/mol. The number of quaternary nitrogens is 1. The number of unbranched alkanes of at least 4 members (excludes halogenated alkanes) is 12. The van der Waals surface area contributed by atoms with Gasteiger partial charge in [0.15, 0.2) is 0 Å². The maximum Gasteiger partial charge on any atom is 0.144 e. The predicted molar refractivity (Wildman–Crippen MR) is 153 cm³/mol. The zero-order chi connectivity index (χ0) is 23.5. The molecule has 0 fully saturated rings. The van der Waals surface area contributed by atoms with E-state index >= 15 is 0 Å². The number of nitrogens with zero attached hydrogens (tertiary/aromatic N) is 1. The molecule has 33 heavy (non-hydrogen) atoms. The number of hydrogen-bond acceptors (Lipinski definition) is 0. The molecule has 4 heteroatoms. The molecule has 0 aliphatic heterocycles. The van der Waals surface area contributed by atoms with E-state index in [2.05, 4.69) is 54.5 Å². The Balaban J connectivity index is 0.0000102. The van der Waals surface area contributed by atoms with Crippen LogP contribution in [0.25, 0.3) is 0 Å². The van der Waals surface area contributed by atoms with Crippen LogP contribution in [0.5, 0.6) is 0 Å². The van der Waals surface area contributed by atoms with Crippen molar-refractivity contribution in [1.29, 1.82) is 0 Å². The molecule has 1 nitrogen and oxygen atoms in total. The van der Waals surface area contributed by atoms with Gasteiger partial charge in [-0.05, 0) is 71.9 Å². The maximum atomic E-state index is 6.12. The third-order valence-corrected chi connectivity index (χ3v) is 8.61. The van der Waals surface area contributed by atoms with Gasteiger partial charge < -0.3 is 16.9 Å². The normalized spacial score (nSPS) is 12.2. The van der Waals surface area contributed by atoms with Crippen LogP contribution in [0.1, 0.15) is 109 Å². The van der Waals surface area contributed by atoms with Crippen LogP contribution in [-0.2, 0) is 6.42 Å². The molecule has 1 atom stereocenters. The summed E-state index contributed by atoms with van der Waals surface area (Å²) in [5.74, 6) is 3.07. The van der Waals surface area contributed by atoms with E-state index in [4.69, 9.17) is 18.0 Å². The average molecular weight is 609 g/mol. The molecule has 0 aromatic heterocycles. The van der Waals surface area contributed by atoms with E-state index in [0.717, 1.165) is 22.5 Å². The summed E-state index contributed by atoms with van der Waals surface area (Å²) in [5.41, 5.74) is 1.37. The van der Waals surface area contributed by atoms with E-state index in [9.17, 15) is 0 Å². The molecule has 1 rings (SSSR count). The minimum atomic E-state index is 0. The van der Waals surface area contributed by atoms with Crippen LogP contribution in [0.3, 0.4) is 0 Å². The smallest absolute Gasteiger partial charge is 0.144 e. The van der Waals surface area contributed by atoms with Gasteiger partial charge in [-0.2, -0.15) is 0 Å². The molecular formula is C29H48Cl2IN. The Bertz CT molecular complexity index is 593. The molecule has 0 saturated carbocycles. The highest BCUT2D eigenvalue weighted by Gasteiger charge is 2.33. The number of terminal acetylenes is 1. The molecule has 0 N–H and O–H groups in total. The summed E-state index contributed by atoms with van der Waals surface area (Å²) in [6.07, 6.45) is 26.0. The van der Waals surface area contributed by atoms with Crippen molar-refractivity contribution < 1.29 is 16.9 Å². The van der Waals surface area contributed by atoms with Crippen LogP contribution in [0.4, 0.5) is 0 Å². The lowest BCUT2D eigenvalue weighted by Crippen LogP contribution is -3.00. The van der Waals surface area contributed by atoms with Gasteiger partial charge in [-0.1, -0.05) is 102 Å². The molecule has 0 aliphatic rings. The fourth-order valence-electron chi connectivity index (χ4n) is 4.61. The maximum absolute atomic E-state index is 6.12.